The van der Waals surface area contributed by atoms with Crippen molar-refractivity contribution in [3.63, 3.8) is 0 Å². The van der Waals surface area contributed by atoms with Crippen molar-refractivity contribution in [1.82, 2.24) is 0 Å². The zero-order valence-corrected chi connectivity index (χ0v) is 14.2. The van der Waals surface area contributed by atoms with Gasteiger partial charge in [-0.25, -0.2) is 0 Å². The molecule has 0 aliphatic heterocycles. The molecule has 0 fully saturated rings. The van der Waals surface area contributed by atoms with Gasteiger partial charge in [0.2, 0.25) is 0 Å². The molecule has 2 nitrogen and oxygen atoms in total. The number of hydrogen-bond acceptors (Lipinski definition) is 2. The number of rotatable bonds is 4. The zero-order valence-electron chi connectivity index (χ0n) is 12.1. The summed E-state index contributed by atoms with van der Waals surface area (Å²) in [4.78, 5) is 12.0. The number of benzene rings is 2. The normalized spacial score (nSPS) is 14.0. The summed E-state index contributed by atoms with van der Waals surface area (Å²) in [5.41, 5.74) is 2.30. The van der Waals surface area contributed by atoms with Gasteiger partial charge in [0, 0.05) is 0 Å². The largest absolute Gasteiger partial charge is 0.460 e. The molecule has 2 aromatic carbocycles. The van der Waals surface area contributed by atoms with E-state index in [9.17, 15) is 4.79 Å². The molecule has 1 atom stereocenters. The lowest BCUT2D eigenvalue weighted by Gasteiger charge is -2.19. The van der Waals surface area contributed by atoms with Gasteiger partial charge in [0.15, 0.2) is 0 Å². The number of alkyl halides is 1. The van der Waals surface area contributed by atoms with Crippen LogP contribution in [0, 0.1) is 6.92 Å². The Morgan fingerprint density at radius 2 is 1.85 bits per heavy atom. The number of esters is 1. The van der Waals surface area contributed by atoms with Gasteiger partial charge < -0.3 is 4.74 Å². The molecule has 0 heterocycles. The zero-order chi connectivity index (χ0) is 14.8. The van der Waals surface area contributed by atoms with Crippen LogP contribution >= 0.6 is 22.6 Å². The van der Waals surface area contributed by atoms with Crippen LogP contribution < -0.4 is 0 Å². The highest BCUT2D eigenvalue weighted by atomic mass is 127. The maximum Gasteiger partial charge on any atom is 0.322 e. The number of carbonyl (C=O) groups is 1. The Kier molecular flexibility index (Phi) is 4.68. The molecule has 0 aliphatic rings. The number of halogens is 1. The Morgan fingerprint density at radius 1 is 1.20 bits per heavy atom. The average molecular weight is 382 g/mol. The molecule has 0 saturated heterocycles. The van der Waals surface area contributed by atoms with Crippen molar-refractivity contribution in [2.75, 3.05) is 0 Å². The van der Waals surface area contributed by atoms with E-state index in [-0.39, 0.29) is 5.97 Å². The molecule has 0 saturated carbocycles. The summed E-state index contributed by atoms with van der Waals surface area (Å²) in [6, 6.07) is 12.3. The van der Waals surface area contributed by atoms with Crippen molar-refractivity contribution in [1.29, 1.82) is 0 Å². The van der Waals surface area contributed by atoms with Crippen molar-refractivity contribution >= 4 is 39.3 Å². The summed E-state index contributed by atoms with van der Waals surface area (Å²) in [6.07, 6.45) is 0.765. The average Bonchev–Trinajstić information content (AvgIpc) is 2.45. The molecule has 0 bridgehead atoms. The smallest absolute Gasteiger partial charge is 0.322 e. The van der Waals surface area contributed by atoms with Gasteiger partial charge in [-0.3, -0.25) is 4.79 Å². The van der Waals surface area contributed by atoms with Gasteiger partial charge >= 0.3 is 5.97 Å². The summed E-state index contributed by atoms with van der Waals surface area (Å²) in [5, 5.41) is 2.38. The Labute approximate surface area is 133 Å². The fraction of sp³-hybridized carbons (Fsp3) is 0.353. The number of carbonyl (C=O) groups excluding carboxylic acids is 1. The van der Waals surface area contributed by atoms with Crippen LogP contribution in [-0.4, -0.2) is 9.39 Å². The van der Waals surface area contributed by atoms with Crippen LogP contribution in [0.2, 0.25) is 0 Å². The topological polar surface area (TPSA) is 26.3 Å². The summed E-state index contributed by atoms with van der Waals surface area (Å²) < 4.78 is 5.04. The third-order valence-corrected chi connectivity index (χ3v) is 4.88. The fourth-order valence-electron chi connectivity index (χ4n) is 2.10. The lowest BCUT2D eigenvalue weighted by atomic mass is 10.0. The van der Waals surface area contributed by atoms with Crippen LogP contribution in [0.25, 0.3) is 10.8 Å². The van der Waals surface area contributed by atoms with Gasteiger partial charge in [-0.1, -0.05) is 65.9 Å². The molecule has 0 N–H and O–H groups in total. The lowest BCUT2D eigenvalue weighted by Crippen LogP contribution is -2.29. The van der Waals surface area contributed by atoms with E-state index < -0.39 is 3.42 Å². The van der Waals surface area contributed by atoms with Gasteiger partial charge in [0.1, 0.15) is 10.0 Å². The van der Waals surface area contributed by atoms with Crippen LogP contribution in [0.15, 0.2) is 36.4 Å². The minimum Gasteiger partial charge on any atom is -0.460 e. The number of aryl methyl sites for hydroxylation is 1. The van der Waals surface area contributed by atoms with Crippen molar-refractivity contribution in [3.8, 4) is 0 Å². The maximum atomic E-state index is 12.0. The monoisotopic (exact) mass is 382 g/mol. The van der Waals surface area contributed by atoms with Crippen LogP contribution in [0.5, 0.6) is 0 Å². The minimum absolute atomic E-state index is 0.148. The maximum absolute atomic E-state index is 12.0. The number of hydrogen-bond donors (Lipinski definition) is 0. The molecule has 2 rings (SSSR count). The van der Waals surface area contributed by atoms with Gasteiger partial charge in [-0.15, -0.1) is 0 Å². The van der Waals surface area contributed by atoms with E-state index in [2.05, 4.69) is 47.7 Å². The molecule has 0 aliphatic carbocycles. The predicted octanol–water partition coefficient (Wildman–Crippen LogP) is 4.80. The standard InChI is InChI=1S/C17H19IO2/c1-4-17(3,18)16(19)20-11-13-8-6-9-14-12(2)7-5-10-15(13)14/h5-10H,4,11H2,1-3H3. The first-order valence-corrected chi connectivity index (χ1v) is 7.87. The second-order valence-corrected chi connectivity index (χ2v) is 7.60. The Balaban J connectivity index is 2.23. The molecule has 3 heteroatoms. The molecule has 0 radical (unpaired) electrons. The highest BCUT2D eigenvalue weighted by molar-refractivity contribution is 14.1. The second-order valence-electron chi connectivity index (χ2n) is 5.21. The highest BCUT2D eigenvalue weighted by Gasteiger charge is 2.29. The van der Waals surface area contributed by atoms with Crippen LogP contribution in [0.3, 0.4) is 0 Å². The second kappa shape index (κ2) is 6.12. The van der Waals surface area contributed by atoms with E-state index in [4.69, 9.17) is 4.74 Å². The quantitative estimate of drug-likeness (QED) is 0.432. The molecule has 20 heavy (non-hydrogen) atoms. The van der Waals surface area contributed by atoms with Crippen molar-refractivity contribution < 1.29 is 9.53 Å². The van der Waals surface area contributed by atoms with Crippen molar-refractivity contribution in [3.05, 3.63) is 47.5 Å². The molecule has 0 aromatic heterocycles. The van der Waals surface area contributed by atoms with Crippen LogP contribution in [0.4, 0.5) is 0 Å². The third-order valence-electron chi connectivity index (χ3n) is 3.68. The summed E-state index contributed by atoms with van der Waals surface area (Å²) >= 11 is 2.16. The highest BCUT2D eigenvalue weighted by Crippen LogP contribution is 2.26. The van der Waals surface area contributed by atoms with Gasteiger partial charge in [-0.05, 0) is 42.2 Å². The van der Waals surface area contributed by atoms with E-state index in [1.165, 1.54) is 10.9 Å². The van der Waals surface area contributed by atoms with Gasteiger partial charge in [0.25, 0.3) is 0 Å². The van der Waals surface area contributed by atoms with Gasteiger partial charge in [0.05, 0.1) is 0 Å². The fourth-order valence-corrected chi connectivity index (χ4v) is 2.25. The summed E-state index contributed by atoms with van der Waals surface area (Å²) in [6.45, 7) is 6.33. The van der Waals surface area contributed by atoms with Crippen LogP contribution in [-0.2, 0) is 16.1 Å². The van der Waals surface area contributed by atoms with Crippen molar-refractivity contribution in [2.24, 2.45) is 0 Å². The van der Waals surface area contributed by atoms with Crippen LogP contribution in [0.1, 0.15) is 31.4 Å². The van der Waals surface area contributed by atoms with E-state index in [0.717, 1.165) is 17.4 Å². The molecular formula is C17H19IO2. The molecule has 1 unspecified atom stereocenters. The van der Waals surface area contributed by atoms with Crippen molar-refractivity contribution in [2.45, 2.75) is 37.2 Å². The molecule has 2 aromatic rings. The summed E-state index contributed by atoms with van der Waals surface area (Å²) in [5.74, 6) is -0.148. The SMILES string of the molecule is CCC(C)(I)C(=O)OCc1cccc2c(C)cccc12. The first kappa shape index (κ1) is 15.3. The van der Waals surface area contributed by atoms with Gasteiger partial charge in [-0.2, -0.15) is 0 Å². The van der Waals surface area contributed by atoms with E-state index in [1.807, 2.05) is 32.0 Å². The predicted molar refractivity (Wildman–Crippen MR) is 91.2 cm³/mol. The Bertz CT molecular complexity index is 632. The third kappa shape index (κ3) is 3.14. The van der Waals surface area contributed by atoms with E-state index >= 15 is 0 Å². The molecule has 106 valence electrons. The number of fused-ring (bicyclic) bond motifs is 1. The van der Waals surface area contributed by atoms with E-state index in [0.29, 0.717) is 6.61 Å². The molecule has 0 amide bonds. The lowest BCUT2D eigenvalue weighted by molar-refractivity contribution is -0.146. The Hall–Kier alpha value is -1.10. The first-order chi connectivity index (χ1) is 9.45. The molecule has 0 spiro atoms. The first-order valence-electron chi connectivity index (χ1n) is 6.79. The van der Waals surface area contributed by atoms with E-state index in [1.54, 1.807) is 0 Å². The summed E-state index contributed by atoms with van der Waals surface area (Å²) in [7, 11) is 0. The Morgan fingerprint density at radius 3 is 2.55 bits per heavy atom. The molecular weight excluding hydrogens is 363 g/mol. The number of ether oxygens (including phenoxy) is 1. The minimum atomic E-state index is -0.446.